The average molecular weight is 363 g/mol. The number of anilines is 2. The number of nitrogens with one attached hydrogen (secondary N) is 3. The minimum atomic E-state index is 0.228. The van der Waals surface area contributed by atoms with E-state index in [9.17, 15) is 0 Å². The van der Waals surface area contributed by atoms with Crippen LogP contribution in [0.2, 0.25) is 0 Å². The van der Waals surface area contributed by atoms with Gasteiger partial charge in [0.15, 0.2) is 5.96 Å². The molecule has 0 fully saturated rings. The Morgan fingerprint density at radius 2 is 0.821 bits per heavy atom. The third-order valence-electron chi connectivity index (χ3n) is 4.54. The highest BCUT2D eigenvalue weighted by Crippen LogP contribution is 2.29. The van der Waals surface area contributed by atoms with Crippen LogP contribution in [0.25, 0.3) is 22.3 Å². The van der Waals surface area contributed by atoms with Gasteiger partial charge in [0.25, 0.3) is 0 Å². The lowest BCUT2D eigenvalue weighted by Gasteiger charge is -2.16. The number of hydrogen-bond acceptors (Lipinski definition) is 1. The first-order chi connectivity index (χ1) is 13.8. The number of guanidine groups is 1. The molecule has 0 unspecified atom stereocenters. The van der Waals surface area contributed by atoms with E-state index in [4.69, 9.17) is 5.41 Å². The fraction of sp³-hybridized carbons (Fsp3) is 0. The second-order valence-electron chi connectivity index (χ2n) is 6.45. The van der Waals surface area contributed by atoms with Gasteiger partial charge in [-0.1, -0.05) is 97.1 Å². The van der Waals surface area contributed by atoms with Crippen molar-refractivity contribution in [3.05, 3.63) is 109 Å². The zero-order valence-corrected chi connectivity index (χ0v) is 15.4. The Hall–Kier alpha value is -3.85. The van der Waals surface area contributed by atoms with E-state index in [-0.39, 0.29) is 5.96 Å². The van der Waals surface area contributed by atoms with Gasteiger partial charge in [0.2, 0.25) is 0 Å². The highest BCUT2D eigenvalue weighted by atomic mass is 15.1. The monoisotopic (exact) mass is 363 g/mol. The molecule has 0 bridgehead atoms. The number of benzene rings is 4. The molecule has 3 N–H and O–H groups in total. The molecule has 0 radical (unpaired) electrons. The molecule has 0 spiro atoms. The normalized spacial score (nSPS) is 10.3. The summed E-state index contributed by atoms with van der Waals surface area (Å²) in [4.78, 5) is 0. The van der Waals surface area contributed by atoms with Crippen LogP contribution in [0, 0.1) is 5.41 Å². The van der Waals surface area contributed by atoms with Gasteiger partial charge in [-0.05, 0) is 23.3 Å². The summed E-state index contributed by atoms with van der Waals surface area (Å²) in [7, 11) is 0. The molecule has 0 aliphatic rings. The van der Waals surface area contributed by atoms with Crippen molar-refractivity contribution >= 4 is 17.3 Å². The van der Waals surface area contributed by atoms with E-state index >= 15 is 0 Å². The maximum Gasteiger partial charge on any atom is 0.197 e. The van der Waals surface area contributed by atoms with E-state index in [1.54, 1.807) is 0 Å². The lowest BCUT2D eigenvalue weighted by molar-refractivity contribution is 1.43. The van der Waals surface area contributed by atoms with E-state index in [1.807, 2.05) is 72.8 Å². The fourth-order valence-electron chi connectivity index (χ4n) is 3.22. The Kier molecular flexibility index (Phi) is 5.16. The molecule has 0 amide bonds. The summed E-state index contributed by atoms with van der Waals surface area (Å²) >= 11 is 0. The standard InChI is InChI=1S/C25H21N3/c26-25(27-23-17-9-7-15-21(23)19-11-3-1-4-12-19)28-24-18-10-8-16-22(24)20-13-5-2-6-14-20/h1-18H,(H3,26,27,28). The largest absolute Gasteiger partial charge is 0.326 e. The van der Waals surface area contributed by atoms with Crippen LogP contribution in [0.4, 0.5) is 11.4 Å². The summed E-state index contributed by atoms with van der Waals surface area (Å²) in [5.74, 6) is 0.228. The lowest BCUT2D eigenvalue weighted by Crippen LogP contribution is -2.21. The number of rotatable bonds is 4. The second kappa shape index (κ2) is 8.23. The topological polar surface area (TPSA) is 47.9 Å². The van der Waals surface area contributed by atoms with E-state index in [2.05, 4.69) is 47.0 Å². The maximum absolute atomic E-state index is 8.46. The van der Waals surface area contributed by atoms with Gasteiger partial charge >= 0.3 is 0 Å². The molecular formula is C25H21N3. The summed E-state index contributed by atoms with van der Waals surface area (Å²) in [5, 5.41) is 14.9. The molecule has 0 aliphatic carbocycles. The highest BCUT2D eigenvalue weighted by molar-refractivity contribution is 6.05. The Bertz CT molecular complexity index is 986. The van der Waals surface area contributed by atoms with Gasteiger partial charge in [-0.2, -0.15) is 0 Å². The Morgan fingerprint density at radius 3 is 1.25 bits per heavy atom. The van der Waals surface area contributed by atoms with Crippen molar-refractivity contribution in [1.82, 2.24) is 0 Å². The molecule has 0 saturated carbocycles. The molecular weight excluding hydrogens is 342 g/mol. The van der Waals surface area contributed by atoms with Gasteiger partial charge < -0.3 is 10.6 Å². The summed E-state index contributed by atoms with van der Waals surface area (Å²) in [6, 6.07) is 36.4. The molecule has 0 aliphatic heterocycles. The van der Waals surface area contributed by atoms with Crippen molar-refractivity contribution in [3.8, 4) is 22.3 Å². The first kappa shape index (κ1) is 17.6. The van der Waals surface area contributed by atoms with Crippen LogP contribution in [0.3, 0.4) is 0 Å². The molecule has 0 aromatic heterocycles. The minimum absolute atomic E-state index is 0.228. The molecule has 28 heavy (non-hydrogen) atoms. The zero-order chi connectivity index (χ0) is 19.2. The van der Waals surface area contributed by atoms with E-state index in [0.29, 0.717) is 0 Å². The smallest absolute Gasteiger partial charge is 0.197 e. The first-order valence-electron chi connectivity index (χ1n) is 9.23. The summed E-state index contributed by atoms with van der Waals surface area (Å²) in [6.45, 7) is 0. The molecule has 3 heteroatoms. The third-order valence-corrected chi connectivity index (χ3v) is 4.54. The van der Waals surface area contributed by atoms with Gasteiger partial charge in [0.1, 0.15) is 0 Å². The van der Waals surface area contributed by atoms with Crippen LogP contribution >= 0.6 is 0 Å². The van der Waals surface area contributed by atoms with Gasteiger partial charge in [0.05, 0.1) is 0 Å². The fourth-order valence-corrected chi connectivity index (χ4v) is 3.22. The Labute approximate surface area is 165 Å². The molecule has 136 valence electrons. The van der Waals surface area contributed by atoms with Crippen LogP contribution < -0.4 is 10.6 Å². The Balaban J connectivity index is 1.58. The molecule has 4 aromatic rings. The van der Waals surface area contributed by atoms with Crippen LogP contribution in [-0.2, 0) is 0 Å². The van der Waals surface area contributed by atoms with Crippen molar-refractivity contribution in [2.75, 3.05) is 10.6 Å². The molecule has 4 aromatic carbocycles. The Morgan fingerprint density at radius 1 is 0.464 bits per heavy atom. The van der Waals surface area contributed by atoms with Crippen molar-refractivity contribution < 1.29 is 0 Å². The average Bonchev–Trinajstić information content (AvgIpc) is 2.76. The van der Waals surface area contributed by atoms with Crippen molar-refractivity contribution in [3.63, 3.8) is 0 Å². The van der Waals surface area contributed by atoms with Crippen LogP contribution in [-0.4, -0.2) is 5.96 Å². The molecule has 0 saturated heterocycles. The van der Waals surface area contributed by atoms with Gasteiger partial charge in [-0.15, -0.1) is 0 Å². The van der Waals surface area contributed by atoms with E-state index in [0.717, 1.165) is 33.6 Å². The predicted molar refractivity (Wildman–Crippen MR) is 119 cm³/mol. The zero-order valence-electron chi connectivity index (χ0n) is 15.4. The third kappa shape index (κ3) is 3.94. The number of para-hydroxylation sites is 2. The summed E-state index contributed by atoms with van der Waals surface area (Å²) in [6.07, 6.45) is 0. The quantitative estimate of drug-likeness (QED) is 0.287. The number of hydrogen-bond donors (Lipinski definition) is 3. The van der Waals surface area contributed by atoms with Gasteiger partial charge in [0, 0.05) is 22.5 Å². The highest BCUT2D eigenvalue weighted by Gasteiger charge is 2.09. The first-order valence-corrected chi connectivity index (χ1v) is 9.23. The summed E-state index contributed by atoms with van der Waals surface area (Å²) < 4.78 is 0. The minimum Gasteiger partial charge on any atom is -0.326 e. The van der Waals surface area contributed by atoms with Crippen LogP contribution in [0.1, 0.15) is 0 Å². The lowest BCUT2D eigenvalue weighted by atomic mass is 10.0. The molecule has 3 nitrogen and oxygen atoms in total. The van der Waals surface area contributed by atoms with Crippen LogP contribution in [0.15, 0.2) is 109 Å². The van der Waals surface area contributed by atoms with Crippen molar-refractivity contribution in [1.29, 1.82) is 5.41 Å². The SMILES string of the molecule is N=C(Nc1ccccc1-c1ccccc1)Nc1ccccc1-c1ccccc1. The summed E-state index contributed by atoms with van der Waals surface area (Å²) in [5.41, 5.74) is 6.13. The molecule has 4 rings (SSSR count). The molecule has 0 atom stereocenters. The van der Waals surface area contributed by atoms with Crippen molar-refractivity contribution in [2.24, 2.45) is 0 Å². The van der Waals surface area contributed by atoms with E-state index in [1.165, 1.54) is 0 Å². The van der Waals surface area contributed by atoms with Gasteiger partial charge in [-0.25, -0.2) is 0 Å². The van der Waals surface area contributed by atoms with E-state index < -0.39 is 0 Å². The van der Waals surface area contributed by atoms with Crippen LogP contribution in [0.5, 0.6) is 0 Å². The van der Waals surface area contributed by atoms with Gasteiger partial charge in [-0.3, -0.25) is 5.41 Å². The molecule has 0 heterocycles. The predicted octanol–water partition coefficient (Wildman–Crippen LogP) is 6.48. The van der Waals surface area contributed by atoms with Crippen molar-refractivity contribution in [2.45, 2.75) is 0 Å². The second-order valence-corrected chi connectivity index (χ2v) is 6.45. The maximum atomic E-state index is 8.46.